The minimum atomic E-state index is -0.119. The highest BCUT2D eigenvalue weighted by atomic mass is 32.1. The Bertz CT molecular complexity index is 1060. The maximum atomic E-state index is 13.4. The highest BCUT2D eigenvalue weighted by molar-refractivity contribution is 7.21. The summed E-state index contributed by atoms with van der Waals surface area (Å²) >= 11 is 1.70. The van der Waals surface area contributed by atoms with Crippen molar-refractivity contribution < 1.29 is 4.79 Å². The standard InChI is InChI=1S/C23H27N5OS/c1-16-24-21(18-15-20(30-22(18)25-16)17-7-4-3-5-8-17)28-10-6-9-19(28)23(29)27-13-11-26(2)12-14-27/h3-5,7-8,15,19H,6,9-14H2,1-2H3. The second-order valence-electron chi connectivity index (χ2n) is 8.27. The van der Waals surface area contributed by atoms with Gasteiger partial charge in [0, 0.05) is 37.6 Å². The molecule has 0 saturated carbocycles. The lowest BCUT2D eigenvalue weighted by molar-refractivity contribution is -0.134. The zero-order chi connectivity index (χ0) is 20.7. The van der Waals surface area contributed by atoms with Gasteiger partial charge in [0.15, 0.2) is 0 Å². The van der Waals surface area contributed by atoms with Crippen molar-refractivity contribution in [1.82, 2.24) is 19.8 Å². The van der Waals surface area contributed by atoms with Crippen molar-refractivity contribution in [2.24, 2.45) is 0 Å². The van der Waals surface area contributed by atoms with Crippen LogP contribution >= 0.6 is 11.3 Å². The Morgan fingerprint density at radius 2 is 1.83 bits per heavy atom. The Balaban J connectivity index is 1.50. The third-order valence-corrected chi connectivity index (χ3v) is 7.25. The monoisotopic (exact) mass is 421 g/mol. The molecule has 7 heteroatoms. The van der Waals surface area contributed by atoms with Gasteiger partial charge in [-0.15, -0.1) is 11.3 Å². The van der Waals surface area contributed by atoms with E-state index >= 15 is 0 Å². The molecule has 0 radical (unpaired) electrons. The normalized spacial score (nSPS) is 20.3. The van der Waals surface area contributed by atoms with E-state index in [1.165, 1.54) is 10.4 Å². The second kappa shape index (κ2) is 7.96. The second-order valence-corrected chi connectivity index (χ2v) is 9.30. The third-order valence-electron chi connectivity index (χ3n) is 6.17. The number of aromatic nitrogens is 2. The molecule has 0 bridgehead atoms. The smallest absolute Gasteiger partial charge is 0.245 e. The Hall–Kier alpha value is -2.51. The summed E-state index contributed by atoms with van der Waals surface area (Å²) in [5.41, 5.74) is 1.19. The van der Waals surface area contributed by atoms with E-state index in [2.05, 4.69) is 47.2 Å². The molecule has 0 spiro atoms. The molecule has 6 nitrogen and oxygen atoms in total. The maximum Gasteiger partial charge on any atom is 0.245 e. The Morgan fingerprint density at radius 1 is 1.07 bits per heavy atom. The molecule has 2 aliphatic heterocycles. The Kier molecular flexibility index (Phi) is 5.16. The molecular weight excluding hydrogens is 394 g/mol. The number of likely N-dealkylation sites (N-methyl/N-ethyl adjacent to an activating group) is 1. The first-order chi connectivity index (χ1) is 14.6. The van der Waals surface area contributed by atoms with E-state index in [4.69, 9.17) is 9.97 Å². The van der Waals surface area contributed by atoms with Crippen LogP contribution in [0.5, 0.6) is 0 Å². The molecule has 30 heavy (non-hydrogen) atoms. The summed E-state index contributed by atoms with van der Waals surface area (Å²) in [6.07, 6.45) is 1.91. The topological polar surface area (TPSA) is 52.6 Å². The molecule has 156 valence electrons. The quantitative estimate of drug-likeness (QED) is 0.649. The number of aryl methyl sites for hydroxylation is 1. The average molecular weight is 422 g/mol. The van der Waals surface area contributed by atoms with Crippen LogP contribution in [0.15, 0.2) is 36.4 Å². The van der Waals surface area contributed by atoms with Crippen molar-refractivity contribution in [1.29, 1.82) is 0 Å². The van der Waals surface area contributed by atoms with Gasteiger partial charge in [-0.2, -0.15) is 0 Å². The summed E-state index contributed by atoms with van der Waals surface area (Å²) in [5, 5.41) is 1.06. The molecule has 1 amide bonds. The van der Waals surface area contributed by atoms with Crippen LogP contribution in [-0.2, 0) is 4.79 Å². The van der Waals surface area contributed by atoms with Crippen LogP contribution in [0.1, 0.15) is 18.7 Å². The first-order valence-corrected chi connectivity index (χ1v) is 11.5. The minimum Gasteiger partial charge on any atom is -0.344 e. The number of benzene rings is 1. The van der Waals surface area contributed by atoms with E-state index < -0.39 is 0 Å². The van der Waals surface area contributed by atoms with Gasteiger partial charge < -0.3 is 14.7 Å². The summed E-state index contributed by atoms with van der Waals surface area (Å²) in [4.78, 5) is 31.6. The fourth-order valence-corrected chi connectivity index (χ4v) is 5.57. The van der Waals surface area contributed by atoms with Crippen molar-refractivity contribution >= 4 is 33.3 Å². The van der Waals surface area contributed by atoms with Gasteiger partial charge in [0.1, 0.15) is 22.5 Å². The number of hydrogen-bond donors (Lipinski definition) is 0. The van der Waals surface area contributed by atoms with E-state index in [1.54, 1.807) is 11.3 Å². The number of piperazine rings is 1. The number of carbonyl (C=O) groups excluding carboxylic acids is 1. The minimum absolute atomic E-state index is 0.119. The Morgan fingerprint density at radius 3 is 2.60 bits per heavy atom. The molecule has 1 atom stereocenters. The van der Waals surface area contributed by atoms with Gasteiger partial charge in [-0.25, -0.2) is 9.97 Å². The molecule has 2 aliphatic rings. The third kappa shape index (κ3) is 3.56. The lowest BCUT2D eigenvalue weighted by Crippen LogP contribution is -2.53. The number of anilines is 1. The lowest BCUT2D eigenvalue weighted by atomic mass is 10.1. The van der Waals surface area contributed by atoms with E-state index in [0.29, 0.717) is 0 Å². The number of hydrogen-bond acceptors (Lipinski definition) is 6. The van der Waals surface area contributed by atoms with Crippen LogP contribution in [0, 0.1) is 6.92 Å². The van der Waals surface area contributed by atoms with Gasteiger partial charge in [0.25, 0.3) is 0 Å². The summed E-state index contributed by atoms with van der Waals surface area (Å²) in [5.74, 6) is 1.93. The fourth-order valence-electron chi connectivity index (χ4n) is 4.49. The van der Waals surface area contributed by atoms with Gasteiger partial charge >= 0.3 is 0 Å². The largest absolute Gasteiger partial charge is 0.344 e. The van der Waals surface area contributed by atoms with E-state index in [9.17, 15) is 4.79 Å². The van der Waals surface area contributed by atoms with Gasteiger partial charge in [-0.3, -0.25) is 4.79 Å². The molecule has 1 aromatic carbocycles. The van der Waals surface area contributed by atoms with E-state index in [0.717, 1.165) is 67.4 Å². The summed E-state index contributed by atoms with van der Waals surface area (Å²) in [6.45, 7) is 6.33. The SMILES string of the molecule is Cc1nc(N2CCCC2C(=O)N2CCN(C)CC2)c2cc(-c3ccccc3)sc2n1. The van der Waals surface area contributed by atoms with Crippen molar-refractivity contribution in [3.8, 4) is 10.4 Å². The van der Waals surface area contributed by atoms with Crippen LogP contribution in [0.4, 0.5) is 5.82 Å². The molecule has 0 aliphatic carbocycles. The van der Waals surface area contributed by atoms with Crippen LogP contribution in [0.25, 0.3) is 20.7 Å². The lowest BCUT2D eigenvalue weighted by Gasteiger charge is -2.36. The number of thiophene rings is 1. The van der Waals surface area contributed by atoms with Crippen LogP contribution < -0.4 is 4.90 Å². The van der Waals surface area contributed by atoms with Crippen molar-refractivity contribution in [3.05, 3.63) is 42.2 Å². The van der Waals surface area contributed by atoms with Gasteiger partial charge in [-0.1, -0.05) is 30.3 Å². The zero-order valence-electron chi connectivity index (χ0n) is 17.5. The number of amides is 1. The molecule has 2 fully saturated rings. The Labute approximate surface area is 181 Å². The number of rotatable bonds is 3. The summed E-state index contributed by atoms with van der Waals surface area (Å²) < 4.78 is 0. The number of carbonyl (C=O) groups is 1. The van der Waals surface area contributed by atoms with Crippen molar-refractivity contribution in [3.63, 3.8) is 0 Å². The first kappa shape index (κ1) is 19.5. The fraction of sp³-hybridized carbons (Fsp3) is 0.435. The zero-order valence-corrected chi connectivity index (χ0v) is 18.4. The molecule has 1 unspecified atom stereocenters. The molecular formula is C23H27N5OS. The number of fused-ring (bicyclic) bond motifs is 1. The highest BCUT2D eigenvalue weighted by Crippen LogP contribution is 2.38. The molecule has 5 rings (SSSR count). The average Bonchev–Trinajstić information content (AvgIpc) is 3.41. The van der Waals surface area contributed by atoms with Gasteiger partial charge in [0.05, 0.1) is 5.39 Å². The predicted molar refractivity (Wildman–Crippen MR) is 122 cm³/mol. The van der Waals surface area contributed by atoms with Crippen molar-refractivity contribution in [2.45, 2.75) is 25.8 Å². The van der Waals surface area contributed by atoms with E-state index in [-0.39, 0.29) is 11.9 Å². The van der Waals surface area contributed by atoms with Crippen molar-refractivity contribution in [2.75, 3.05) is 44.7 Å². The molecule has 3 aromatic rings. The van der Waals surface area contributed by atoms with Crippen LogP contribution in [0.2, 0.25) is 0 Å². The first-order valence-electron chi connectivity index (χ1n) is 10.7. The van der Waals surface area contributed by atoms with Gasteiger partial charge in [0.2, 0.25) is 5.91 Å². The van der Waals surface area contributed by atoms with Crippen LogP contribution in [0.3, 0.4) is 0 Å². The summed E-state index contributed by atoms with van der Waals surface area (Å²) in [7, 11) is 2.12. The molecule has 0 N–H and O–H groups in total. The molecule has 2 aromatic heterocycles. The molecule has 2 saturated heterocycles. The maximum absolute atomic E-state index is 13.4. The number of nitrogens with zero attached hydrogens (tertiary/aromatic N) is 5. The van der Waals surface area contributed by atoms with E-state index in [1.807, 2.05) is 17.9 Å². The predicted octanol–water partition coefficient (Wildman–Crippen LogP) is 3.41. The molecule has 4 heterocycles. The highest BCUT2D eigenvalue weighted by Gasteiger charge is 2.36. The summed E-state index contributed by atoms with van der Waals surface area (Å²) in [6, 6.07) is 12.5. The van der Waals surface area contributed by atoms with Crippen LogP contribution in [-0.4, -0.2) is 71.5 Å². The van der Waals surface area contributed by atoms with Gasteiger partial charge in [-0.05, 0) is 38.4 Å².